The summed E-state index contributed by atoms with van der Waals surface area (Å²) in [4.78, 5) is 17.4. The molecular weight excluding hydrogens is 316 g/mol. The van der Waals surface area contributed by atoms with Gasteiger partial charge < -0.3 is 19.0 Å². The van der Waals surface area contributed by atoms with Crippen molar-refractivity contribution in [3.05, 3.63) is 23.7 Å². The van der Waals surface area contributed by atoms with Crippen LogP contribution in [-0.4, -0.2) is 61.6 Å². The maximum atomic E-state index is 12.9. The highest BCUT2D eigenvalue weighted by Gasteiger charge is 2.51. The van der Waals surface area contributed by atoms with Gasteiger partial charge in [-0.1, -0.05) is 6.92 Å². The van der Waals surface area contributed by atoms with Crippen LogP contribution in [0.4, 0.5) is 0 Å². The zero-order valence-electron chi connectivity index (χ0n) is 15.5. The van der Waals surface area contributed by atoms with Crippen molar-refractivity contribution in [1.29, 1.82) is 0 Å². The van der Waals surface area contributed by atoms with E-state index in [0.717, 1.165) is 64.0 Å². The van der Waals surface area contributed by atoms with Gasteiger partial charge in [-0.05, 0) is 44.7 Å². The number of ether oxygens (including phenoxy) is 1. The number of likely N-dealkylation sites (tertiary alicyclic amines) is 2. The van der Waals surface area contributed by atoms with Crippen molar-refractivity contribution >= 4 is 5.91 Å². The molecule has 4 rings (SSSR count). The van der Waals surface area contributed by atoms with Gasteiger partial charge in [-0.3, -0.25) is 4.79 Å². The second-order valence-electron chi connectivity index (χ2n) is 8.24. The highest BCUT2D eigenvalue weighted by molar-refractivity contribution is 5.95. The molecule has 0 aromatic carbocycles. The summed E-state index contributed by atoms with van der Waals surface area (Å²) in [7, 11) is 0. The van der Waals surface area contributed by atoms with Gasteiger partial charge in [-0.2, -0.15) is 0 Å². The van der Waals surface area contributed by atoms with Crippen LogP contribution in [0.3, 0.4) is 0 Å². The molecule has 1 saturated carbocycles. The molecule has 0 radical (unpaired) electrons. The molecule has 5 heteroatoms. The Balaban J connectivity index is 1.43. The van der Waals surface area contributed by atoms with Crippen LogP contribution in [0.1, 0.15) is 42.3 Å². The van der Waals surface area contributed by atoms with Crippen LogP contribution in [0, 0.1) is 24.2 Å². The predicted molar refractivity (Wildman–Crippen MR) is 95.5 cm³/mol. The van der Waals surface area contributed by atoms with Gasteiger partial charge in [0, 0.05) is 44.1 Å². The Kier molecular flexibility index (Phi) is 4.63. The Morgan fingerprint density at radius 1 is 1.36 bits per heavy atom. The zero-order chi connectivity index (χ0) is 17.4. The lowest BCUT2D eigenvalue weighted by Gasteiger charge is -2.30. The zero-order valence-corrected chi connectivity index (χ0v) is 15.5. The molecule has 3 fully saturated rings. The van der Waals surface area contributed by atoms with Gasteiger partial charge in [0.1, 0.15) is 5.76 Å². The van der Waals surface area contributed by atoms with Crippen LogP contribution in [0.2, 0.25) is 0 Å². The van der Waals surface area contributed by atoms with Crippen molar-refractivity contribution in [3.63, 3.8) is 0 Å². The third-order valence-electron chi connectivity index (χ3n) is 6.46. The predicted octanol–water partition coefficient (Wildman–Crippen LogP) is 2.80. The van der Waals surface area contributed by atoms with Crippen LogP contribution in [0.25, 0.3) is 0 Å². The second kappa shape index (κ2) is 6.76. The van der Waals surface area contributed by atoms with E-state index in [0.29, 0.717) is 11.5 Å². The first-order valence-electron chi connectivity index (χ1n) is 9.75. The van der Waals surface area contributed by atoms with Crippen molar-refractivity contribution in [2.75, 3.05) is 45.9 Å². The summed E-state index contributed by atoms with van der Waals surface area (Å²) < 4.78 is 11.4. The number of amides is 1. The Morgan fingerprint density at radius 3 is 2.88 bits per heavy atom. The number of carbonyl (C=O) groups excluding carboxylic acids is 1. The lowest BCUT2D eigenvalue weighted by Crippen LogP contribution is -2.38. The van der Waals surface area contributed by atoms with E-state index in [1.807, 2.05) is 11.8 Å². The van der Waals surface area contributed by atoms with Gasteiger partial charge >= 0.3 is 0 Å². The molecule has 1 aliphatic carbocycles. The fourth-order valence-corrected chi connectivity index (χ4v) is 4.58. The summed E-state index contributed by atoms with van der Waals surface area (Å²) >= 11 is 0. The minimum atomic E-state index is 0.121. The van der Waals surface area contributed by atoms with E-state index < -0.39 is 0 Å². The van der Waals surface area contributed by atoms with Crippen molar-refractivity contribution in [2.24, 2.45) is 17.3 Å². The van der Waals surface area contributed by atoms with Gasteiger partial charge in [-0.15, -0.1) is 0 Å². The first-order valence-corrected chi connectivity index (χ1v) is 9.75. The van der Waals surface area contributed by atoms with E-state index in [2.05, 4.69) is 11.8 Å². The van der Waals surface area contributed by atoms with Gasteiger partial charge in [0.2, 0.25) is 0 Å². The molecule has 3 aliphatic rings. The molecule has 0 unspecified atom stereocenters. The van der Waals surface area contributed by atoms with E-state index in [-0.39, 0.29) is 11.3 Å². The van der Waals surface area contributed by atoms with Crippen molar-refractivity contribution in [3.8, 4) is 0 Å². The average molecular weight is 346 g/mol. The van der Waals surface area contributed by atoms with Gasteiger partial charge in [0.05, 0.1) is 18.4 Å². The SMILES string of the molecule is CCN1C[C@@H](COCC2CC2)[C@]2(CCN(C(=O)c3ccoc3C)C2)C1. The molecule has 1 spiro atoms. The molecule has 0 bridgehead atoms. The van der Waals surface area contributed by atoms with E-state index in [9.17, 15) is 4.79 Å². The summed E-state index contributed by atoms with van der Waals surface area (Å²) in [6.07, 6.45) is 5.37. The number of aryl methyl sites for hydroxylation is 1. The average Bonchev–Trinajstić information content (AvgIpc) is 3.03. The van der Waals surface area contributed by atoms with Crippen LogP contribution in [0.15, 0.2) is 16.7 Å². The normalized spacial score (nSPS) is 29.8. The number of rotatable bonds is 6. The Hall–Kier alpha value is -1.33. The van der Waals surface area contributed by atoms with E-state index in [1.54, 1.807) is 12.3 Å². The lowest BCUT2D eigenvalue weighted by atomic mass is 9.77. The third kappa shape index (κ3) is 3.36. The standard InChI is InChI=1S/C20H30N2O3/c1-3-21-10-17(12-24-11-16-4-5-16)20(13-21)7-8-22(14-20)19(23)18-6-9-25-15(18)2/h6,9,16-17H,3-5,7-8,10-14H2,1-2H3/t17-,20+/m0/s1. The highest BCUT2D eigenvalue weighted by Crippen LogP contribution is 2.44. The van der Waals surface area contributed by atoms with Gasteiger partial charge in [0.25, 0.3) is 5.91 Å². The second-order valence-corrected chi connectivity index (χ2v) is 8.24. The first-order chi connectivity index (χ1) is 12.1. The molecule has 5 nitrogen and oxygen atoms in total. The van der Waals surface area contributed by atoms with E-state index in [4.69, 9.17) is 9.15 Å². The third-order valence-corrected chi connectivity index (χ3v) is 6.46. The quantitative estimate of drug-likeness (QED) is 0.795. The first kappa shape index (κ1) is 17.1. The van der Waals surface area contributed by atoms with Crippen molar-refractivity contribution < 1.29 is 13.9 Å². The summed E-state index contributed by atoms with van der Waals surface area (Å²) in [5.74, 6) is 2.19. The lowest BCUT2D eigenvalue weighted by molar-refractivity contribution is 0.0529. The topological polar surface area (TPSA) is 45.9 Å². The minimum absolute atomic E-state index is 0.121. The number of nitrogens with zero attached hydrogens (tertiary/aromatic N) is 2. The molecule has 25 heavy (non-hydrogen) atoms. The number of carbonyl (C=O) groups is 1. The summed E-state index contributed by atoms with van der Waals surface area (Å²) in [5.41, 5.74) is 0.913. The molecular formula is C20H30N2O3. The van der Waals surface area contributed by atoms with Crippen LogP contribution in [-0.2, 0) is 4.74 Å². The Bertz CT molecular complexity index is 624. The van der Waals surface area contributed by atoms with Gasteiger partial charge in [-0.25, -0.2) is 0 Å². The molecule has 2 saturated heterocycles. The monoisotopic (exact) mass is 346 g/mol. The smallest absolute Gasteiger partial charge is 0.257 e. The highest BCUT2D eigenvalue weighted by atomic mass is 16.5. The Morgan fingerprint density at radius 2 is 2.20 bits per heavy atom. The fraction of sp³-hybridized carbons (Fsp3) is 0.750. The summed E-state index contributed by atoms with van der Waals surface area (Å²) in [5, 5.41) is 0. The summed E-state index contributed by atoms with van der Waals surface area (Å²) in [6.45, 7) is 10.8. The maximum absolute atomic E-state index is 12.9. The number of hydrogen-bond donors (Lipinski definition) is 0. The molecule has 1 amide bonds. The molecule has 3 heterocycles. The molecule has 1 aromatic heterocycles. The molecule has 1 aromatic rings. The molecule has 2 aliphatic heterocycles. The molecule has 138 valence electrons. The largest absolute Gasteiger partial charge is 0.469 e. The number of furan rings is 1. The molecule has 2 atom stereocenters. The molecule has 0 N–H and O–H groups in total. The van der Waals surface area contributed by atoms with Crippen LogP contribution in [0.5, 0.6) is 0 Å². The number of hydrogen-bond acceptors (Lipinski definition) is 4. The van der Waals surface area contributed by atoms with Crippen molar-refractivity contribution in [1.82, 2.24) is 9.80 Å². The fourth-order valence-electron chi connectivity index (χ4n) is 4.58. The van der Waals surface area contributed by atoms with Crippen LogP contribution < -0.4 is 0 Å². The minimum Gasteiger partial charge on any atom is -0.469 e. The summed E-state index contributed by atoms with van der Waals surface area (Å²) in [6, 6.07) is 1.80. The van der Waals surface area contributed by atoms with E-state index in [1.165, 1.54) is 12.8 Å². The Labute approximate surface area is 150 Å². The van der Waals surface area contributed by atoms with Gasteiger partial charge in [0.15, 0.2) is 0 Å². The van der Waals surface area contributed by atoms with Crippen molar-refractivity contribution in [2.45, 2.75) is 33.1 Å². The van der Waals surface area contributed by atoms with Crippen LogP contribution >= 0.6 is 0 Å². The maximum Gasteiger partial charge on any atom is 0.257 e. The van der Waals surface area contributed by atoms with E-state index >= 15 is 0 Å².